The minimum absolute atomic E-state index is 0.375. The summed E-state index contributed by atoms with van der Waals surface area (Å²) < 4.78 is 10.5. The van der Waals surface area contributed by atoms with Crippen molar-refractivity contribution in [2.45, 2.75) is 6.92 Å². The molecule has 0 spiro atoms. The zero-order valence-corrected chi connectivity index (χ0v) is 11.8. The van der Waals surface area contributed by atoms with Crippen LogP contribution in [0, 0.1) is 6.92 Å². The Labute approximate surface area is 121 Å². The molecule has 2 aromatic heterocycles. The van der Waals surface area contributed by atoms with Gasteiger partial charge in [0, 0.05) is 31.4 Å². The molecule has 0 bridgehead atoms. The van der Waals surface area contributed by atoms with Crippen molar-refractivity contribution < 1.29 is 9.15 Å². The molecule has 7 nitrogen and oxygen atoms in total. The topological polar surface area (TPSA) is 86.0 Å². The third-order valence-electron chi connectivity index (χ3n) is 3.01. The zero-order chi connectivity index (χ0) is 14.7. The first-order valence-corrected chi connectivity index (χ1v) is 6.58. The second-order valence-electron chi connectivity index (χ2n) is 4.49. The van der Waals surface area contributed by atoms with E-state index in [0.29, 0.717) is 36.4 Å². The number of hydrogen-bond acceptors (Lipinski definition) is 7. The Morgan fingerprint density at radius 2 is 1.90 bits per heavy atom. The largest absolute Gasteiger partial charge is 0.420 e. The van der Waals surface area contributed by atoms with Crippen molar-refractivity contribution in [3.8, 4) is 11.6 Å². The number of rotatable bonds is 5. The molecule has 2 heterocycles. The average Bonchev–Trinajstić information content (AvgIpc) is 2.94. The fraction of sp³-hybridized carbons (Fsp3) is 0.286. The van der Waals surface area contributed by atoms with Crippen LogP contribution in [0.5, 0.6) is 0 Å². The van der Waals surface area contributed by atoms with Gasteiger partial charge in [0.05, 0.1) is 6.61 Å². The number of benzene rings is 1. The molecule has 21 heavy (non-hydrogen) atoms. The molecule has 1 aromatic carbocycles. The number of aromatic nitrogens is 4. The van der Waals surface area contributed by atoms with E-state index in [4.69, 9.17) is 9.15 Å². The van der Waals surface area contributed by atoms with Gasteiger partial charge in [-0.2, -0.15) is 0 Å². The first kappa shape index (κ1) is 13.4. The van der Waals surface area contributed by atoms with Crippen LogP contribution < -0.4 is 5.32 Å². The van der Waals surface area contributed by atoms with Crippen molar-refractivity contribution in [3.63, 3.8) is 0 Å². The molecule has 0 atom stereocenters. The van der Waals surface area contributed by atoms with Crippen LogP contribution >= 0.6 is 0 Å². The van der Waals surface area contributed by atoms with Crippen LogP contribution in [-0.4, -0.2) is 40.7 Å². The van der Waals surface area contributed by atoms with Gasteiger partial charge in [-0.15, -0.1) is 20.4 Å². The van der Waals surface area contributed by atoms with E-state index in [1.807, 2.05) is 24.3 Å². The molecule has 3 rings (SSSR count). The molecule has 0 amide bonds. The molecule has 0 unspecified atom stereocenters. The predicted octanol–water partition coefficient (Wildman–Crippen LogP) is 2.05. The molecule has 0 radical (unpaired) electrons. The van der Waals surface area contributed by atoms with Crippen molar-refractivity contribution in [3.05, 3.63) is 30.2 Å². The lowest BCUT2D eigenvalue weighted by molar-refractivity contribution is 0.210. The van der Waals surface area contributed by atoms with E-state index in [1.54, 1.807) is 14.0 Å². The predicted molar refractivity (Wildman–Crippen MR) is 77.9 cm³/mol. The van der Waals surface area contributed by atoms with Crippen LogP contribution in [0.1, 0.15) is 5.89 Å². The van der Waals surface area contributed by atoms with Crippen molar-refractivity contribution in [1.29, 1.82) is 0 Å². The molecule has 0 aliphatic carbocycles. The van der Waals surface area contributed by atoms with Gasteiger partial charge in [0.2, 0.25) is 5.89 Å². The lowest BCUT2D eigenvalue weighted by Gasteiger charge is -2.09. The smallest absolute Gasteiger partial charge is 0.268 e. The van der Waals surface area contributed by atoms with Gasteiger partial charge in [-0.25, -0.2) is 0 Å². The van der Waals surface area contributed by atoms with Crippen LogP contribution in [0.3, 0.4) is 0 Å². The van der Waals surface area contributed by atoms with Gasteiger partial charge in [0.25, 0.3) is 5.89 Å². The normalized spacial score (nSPS) is 11.0. The summed E-state index contributed by atoms with van der Waals surface area (Å²) in [5, 5.41) is 21.4. The third-order valence-corrected chi connectivity index (χ3v) is 3.01. The minimum Gasteiger partial charge on any atom is -0.420 e. The van der Waals surface area contributed by atoms with E-state index >= 15 is 0 Å². The van der Waals surface area contributed by atoms with Crippen molar-refractivity contribution in [2.24, 2.45) is 0 Å². The molecule has 108 valence electrons. The van der Waals surface area contributed by atoms with Crippen LogP contribution in [-0.2, 0) is 4.74 Å². The summed E-state index contributed by atoms with van der Waals surface area (Å²) in [4.78, 5) is 0. The van der Waals surface area contributed by atoms with Crippen LogP contribution in [0.2, 0.25) is 0 Å². The van der Waals surface area contributed by atoms with Gasteiger partial charge in [0.1, 0.15) is 0 Å². The Hall–Kier alpha value is -2.54. The average molecular weight is 285 g/mol. The van der Waals surface area contributed by atoms with Gasteiger partial charge >= 0.3 is 0 Å². The quantitative estimate of drug-likeness (QED) is 0.718. The summed E-state index contributed by atoms with van der Waals surface area (Å²) in [5.74, 6) is 1.58. The summed E-state index contributed by atoms with van der Waals surface area (Å²) in [5.41, 5.74) is 0.587. The number of nitrogens with zero attached hydrogens (tertiary/aromatic N) is 4. The van der Waals surface area contributed by atoms with Crippen LogP contribution in [0.4, 0.5) is 5.82 Å². The Morgan fingerprint density at radius 3 is 2.62 bits per heavy atom. The standard InChI is InChI=1S/C14H15N5O2/c1-9-16-19-14(21-9)12-10-5-3-4-6-11(10)13(18-17-12)15-7-8-20-2/h3-6H,7-8H2,1-2H3,(H,15,18). The lowest BCUT2D eigenvalue weighted by atomic mass is 10.1. The fourth-order valence-electron chi connectivity index (χ4n) is 2.06. The summed E-state index contributed by atoms with van der Waals surface area (Å²) in [6, 6.07) is 7.83. The van der Waals surface area contributed by atoms with E-state index in [0.717, 1.165) is 10.8 Å². The Bertz CT molecular complexity index is 756. The monoisotopic (exact) mass is 285 g/mol. The molecular formula is C14H15N5O2. The zero-order valence-electron chi connectivity index (χ0n) is 11.8. The molecule has 0 saturated carbocycles. The molecule has 0 aliphatic heterocycles. The van der Waals surface area contributed by atoms with Crippen LogP contribution in [0.25, 0.3) is 22.4 Å². The van der Waals surface area contributed by atoms with Crippen LogP contribution in [0.15, 0.2) is 28.7 Å². The number of methoxy groups -OCH3 is 1. The van der Waals surface area contributed by atoms with Gasteiger partial charge in [0.15, 0.2) is 11.5 Å². The Balaban J connectivity index is 2.06. The van der Waals surface area contributed by atoms with E-state index < -0.39 is 0 Å². The summed E-state index contributed by atoms with van der Waals surface area (Å²) in [6.45, 7) is 3.00. The second kappa shape index (κ2) is 5.84. The van der Waals surface area contributed by atoms with E-state index in [2.05, 4.69) is 25.7 Å². The van der Waals surface area contributed by atoms with Crippen molar-refractivity contribution >= 4 is 16.6 Å². The summed E-state index contributed by atoms with van der Waals surface area (Å²) in [7, 11) is 1.66. The molecule has 1 N–H and O–H groups in total. The van der Waals surface area contributed by atoms with E-state index in [1.165, 1.54) is 0 Å². The maximum Gasteiger partial charge on any atom is 0.268 e. The fourth-order valence-corrected chi connectivity index (χ4v) is 2.06. The Morgan fingerprint density at radius 1 is 1.10 bits per heavy atom. The molecule has 3 aromatic rings. The molecule has 0 fully saturated rings. The highest BCUT2D eigenvalue weighted by atomic mass is 16.5. The second-order valence-corrected chi connectivity index (χ2v) is 4.49. The highest BCUT2D eigenvalue weighted by Gasteiger charge is 2.15. The number of fused-ring (bicyclic) bond motifs is 1. The highest BCUT2D eigenvalue weighted by Crippen LogP contribution is 2.28. The molecule has 0 saturated heterocycles. The van der Waals surface area contributed by atoms with Gasteiger partial charge < -0.3 is 14.5 Å². The first-order chi connectivity index (χ1) is 10.3. The SMILES string of the molecule is COCCNc1nnc(-c2nnc(C)o2)c2ccccc12. The van der Waals surface area contributed by atoms with Gasteiger partial charge in [-0.05, 0) is 0 Å². The third kappa shape index (κ3) is 2.68. The molecular weight excluding hydrogens is 270 g/mol. The summed E-state index contributed by atoms with van der Waals surface area (Å²) in [6.07, 6.45) is 0. The number of ether oxygens (including phenoxy) is 1. The van der Waals surface area contributed by atoms with Gasteiger partial charge in [-0.3, -0.25) is 0 Å². The van der Waals surface area contributed by atoms with Gasteiger partial charge in [-0.1, -0.05) is 24.3 Å². The number of aryl methyl sites for hydroxylation is 1. The van der Waals surface area contributed by atoms with Crippen molar-refractivity contribution in [2.75, 3.05) is 25.6 Å². The van der Waals surface area contributed by atoms with E-state index in [-0.39, 0.29) is 0 Å². The Kier molecular flexibility index (Phi) is 3.74. The van der Waals surface area contributed by atoms with E-state index in [9.17, 15) is 0 Å². The number of anilines is 1. The maximum atomic E-state index is 5.45. The number of hydrogen-bond donors (Lipinski definition) is 1. The molecule has 0 aliphatic rings. The molecule has 7 heteroatoms. The minimum atomic E-state index is 0.375. The number of nitrogens with one attached hydrogen (secondary N) is 1. The summed E-state index contributed by atoms with van der Waals surface area (Å²) >= 11 is 0. The lowest BCUT2D eigenvalue weighted by Crippen LogP contribution is -2.10. The first-order valence-electron chi connectivity index (χ1n) is 6.58. The highest BCUT2D eigenvalue weighted by molar-refractivity contribution is 5.98. The maximum absolute atomic E-state index is 5.45. The van der Waals surface area contributed by atoms with Crippen molar-refractivity contribution in [1.82, 2.24) is 20.4 Å².